The van der Waals surface area contributed by atoms with Crippen molar-refractivity contribution < 1.29 is 4.74 Å². The van der Waals surface area contributed by atoms with Crippen molar-refractivity contribution in [2.45, 2.75) is 13.0 Å². The molecule has 0 aliphatic rings. The zero-order chi connectivity index (χ0) is 17.5. The fraction of sp³-hybridized carbons (Fsp3) is 0.316. The van der Waals surface area contributed by atoms with Crippen molar-refractivity contribution in [3.05, 3.63) is 59.7 Å². The SMILES string of the molecule is COc1cccc(C(CN=C(N)Nc2cccc(C)c2)N(C)C)c1. The van der Waals surface area contributed by atoms with Gasteiger partial charge in [-0.3, -0.25) is 4.99 Å². The van der Waals surface area contributed by atoms with Crippen molar-refractivity contribution in [1.29, 1.82) is 0 Å². The number of guanidine groups is 1. The Morgan fingerprint density at radius 3 is 2.62 bits per heavy atom. The van der Waals surface area contributed by atoms with Gasteiger partial charge in [0.05, 0.1) is 19.7 Å². The first-order chi connectivity index (χ1) is 11.5. The maximum Gasteiger partial charge on any atom is 0.193 e. The predicted molar refractivity (Wildman–Crippen MR) is 101 cm³/mol. The number of nitrogens with zero attached hydrogens (tertiary/aromatic N) is 2. The summed E-state index contributed by atoms with van der Waals surface area (Å²) in [4.78, 5) is 6.63. The Morgan fingerprint density at radius 1 is 1.21 bits per heavy atom. The van der Waals surface area contributed by atoms with Gasteiger partial charge in [0.15, 0.2) is 5.96 Å². The van der Waals surface area contributed by atoms with E-state index in [0.29, 0.717) is 12.5 Å². The molecule has 0 amide bonds. The van der Waals surface area contributed by atoms with Crippen molar-refractivity contribution in [2.75, 3.05) is 33.1 Å². The number of nitrogens with two attached hydrogens (primary N) is 1. The number of benzene rings is 2. The van der Waals surface area contributed by atoms with Crippen LogP contribution in [0.2, 0.25) is 0 Å². The highest BCUT2D eigenvalue weighted by Gasteiger charge is 2.14. The van der Waals surface area contributed by atoms with Gasteiger partial charge in [-0.05, 0) is 56.4 Å². The van der Waals surface area contributed by atoms with Crippen molar-refractivity contribution >= 4 is 11.6 Å². The van der Waals surface area contributed by atoms with E-state index in [4.69, 9.17) is 10.5 Å². The molecule has 2 aromatic rings. The van der Waals surface area contributed by atoms with E-state index in [0.717, 1.165) is 17.0 Å². The van der Waals surface area contributed by atoms with Gasteiger partial charge in [-0.15, -0.1) is 0 Å². The number of nitrogens with one attached hydrogen (secondary N) is 1. The van der Waals surface area contributed by atoms with Crippen LogP contribution in [0.4, 0.5) is 5.69 Å². The Balaban J connectivity index is 2.09. The van der Waals surface area contributed by atoms with Crippen LogP contribution in [0.1, 0.15) is 17.2 Å². The first kappa shape index (κ1) is 17.8. The van der Waals surface area contributed by atoms with Crippen molar-refractivity contribution in [3.8, 4) is 5.75 Å². The third-order valence-electron chi connectivity index (χ3n) is 3.83. The maximum atomic E-state index is 6.03. The molecule has 1 atom stereocenters. The van der Waals surface area contributed by atoms with Gasteiger partial charge in [-0.1, -0.05) is 24.3 Å². The molecule has 0 heterocycles. The van der Waals surface area contributed by atoms with E-state index in [1.807, 2.05) is 63.5 Å². The summed E-state index contributed by atoms with van der Waals surface area (Å²) in [6.07, 6.45) is 0. The molecule has 2 rings (SSSR count). The molecule has 0 bridgehead atoms. The van der Waals surface area contributed by atoms with Gasteiger partial charge in [0, 0.05) is 5.69 Å². The molecule has 2 aromatic carbocycles. The van der Waals surface area contributed by atoms with Crippen LogP contribution in [0.15, 0.2) is 53.5 Å². The van der Waals surface area contributed by atoms with Crippen molar-refractivity contribution in [2.24, 2.45) is 10.7 Å². The van der Waals surface area contributed by atoms with Crippen LogP contribution in [0.25, 0.3) is 0 Å². The first-order valence-corrected chi connectivity index (χ1v) is 7.93. The van der Waals surface area contributed by atoms with E-state index in [1.165, 1.54) is 5.56 Å². The second-order valence-electron chi connectivity index (χ2n) is 5.98. The van der Waals surface area contributed by atoms with Gasteiger partial charge < -0.3 is 20.7 Å². The average molecular weight is 326 g/mol. The molecule has 0 saturated carbocycles. The van der Waals surface area contributed by atoms with E-state index in [1.54, 1.807) is 7.11 Å². The monoisotopic (exact) mass is 326 g/mol. The summed E-state index contributed by atoms with van der Waals surface area (Å²) in [5.41, 5.74) is 9.30. The number of methoxy groups -OCH3 is 1. The standard InChI is InChI=1S/C19H26N4O/c1-14-7-5-9-16(11-14)22-19(20)21-13-18(23(2)3)15-8-6-10-17(12-15)24-4/h5-12,18H,13H2,1-4H3,(H3,20,21,22). The third kappa shape index (κ3) is 4.99. The highest BCUT2D eigenvalue weighted by atomic mass is 16.5. The molecule has 0 saturated heterocycles. The van der Waals surface area contributed by atoms with Crippen LogP contribution < -0.4 is 15.8 Å². The number of ether oxygens (including phenoxy) is 1. The van der Waals surface area contributed by atoms with Gasteiger partial charge >= 0.3 is 0 Å². The largest absolute Gasteiger partial charge is 0.497 e. The van der Waals surface area contributed by atoms with Crippen molar-refractivity contribution in [1.82, 2.24) is 4.90 Å². The lowest BCUT2D eigenvalue weighted by Crippen LogP contribution is -2.27. The Hall–Kier alpha value is -2.53. The van der Waals surface area contributed by atoms with Gasteiger partial charge in [-0.2, -0.15) is 0 Å². The molecular formula is C19H26N4O. The first-order valence-electron chi connectivity index (χ1n) is 7.93. The molecule has 0 spiro atoms. The van der Waals surface area contributed by atoms with Crippen LogP contribution in [0, 0.1) is 6.92 Å². The third-order valence-corrected chi connectivity index (χ3v) is 3.83. The number of hydrogen-bond donors (Lipinski definition) is 2. The quantitative estimate of drug-likeness (QED) is 0.633. The van der Waals surface area contributed by atoms with E-state index in [9.17, 15) is 0 Å². The Kier molecular flexibility index (Phi) is 6.21. The molecule has 0 fully saturated rings. The second-order valence-corrected chi connectivity index (χ2v) is 5.98. The van der Waals surface area contributed by atoms with Crippen LogP contribution in [0.5, 0.6) is 5.75 Å². The molecule has 128 valence electrons. The summed E-state index contributed by atoms with van der Waals surface area (Å²) in [5, 5.41) is 3.14. The molecule has 0 radical (unpaired) electrons. The number of aryl methyl sites for hydroxylation is 1. The highest BCUT2D eigenvalue weighted by molar-refractivity contribution is 5.92. The lowest BCUT2D eigenvalue weighted by atomic mass is 10.1. The van der Waals surface area contributed by atoms with E-state index in [-0.39, 0.29) is 6.04 Å². The molecule has 1 unspecified atom stereocenters. The number of hydrogen-bond acceptors (Lipinski definition) is 3. The smallest absolute Gasteiger partial charge is 0.193 e. The van der Waals surface area contributed by atoms with Gasteiger partial charge in [0.1, 0.15) is 5.75 Å². The van der Waals surface area contributed by atoms with E-state index in [2.05, 4.69) is 21.3 Å². The van der Waals surface area contributed by atoms with E-state index < -0.39 is 0 Å². The molecule has 0 aromatic heterocycles. The molecular weight excluding hydrogens is 300 g/mol. The number of anilines is 1. The summed E-state index contributed by atoms with van der Waals surface area (Å²) in [7, 11) is 5.74. The fourth-order valence-corrected chi connectivity index (χ4v) is 2.51. The van der Waals surface area contributed by atoms with Gasteiger partial charge in [0.25, 0.3) is 0 Å². The molecule has 5 nitrogen and oxygen atoms in total. The average Bonchev–Trinajstić information content (AvgIpc) is 2.55. The lowest BCUT2D eigenvalue weighted by Gasteiger charge is -2.23. The Bertz CT molecular complexity index is 697. The minimum absolute atomic E-state index is 0.123. The topological polar surface area (TPSA) is 62.9 Å². The summed E-state index contributed by atoms with van der Waals surface area (Å²) < 4.78 is 5.31. The van der Waals surface area contributed by atoms with E-state index >= 15 is 0 Å². The number of likely N-dealkylation sites (N-methyl/N-ethyl adjacent to an activating group) is 1. The molecule has 0 aliphatic heterocycles. The second kappa shape index (κ2) is 8.36. The molecule has 5 heteroatoms. The zero-order valence-electron chi connectivity index (χ0n) is 14.8. The minimum atomic E-state index is 0.123. The molecule has 0 aliphatic carbocycles. The van der Waals surface area contributed by atoms with Crippen LogP contribution in [-0.4, -0.2) is 38.6 Å². The van der Waals surface area contributed by atoms with Crippen molar-refractivity contribution in [3.63, 3.8) is 0 Å². The Morgan fingerprint density at radius 2 is 1.96 bits per heavy atom. The summed E-state index contributed by atoms with van der Waals surface area (Å²) >= 11 is 0. The summed E-state index contributed by atoms with van der Waals surface area (Å²) in [6, 6.07) is 16.2. The minimum Gasteiger partial charge on any atom is -0.497 e. The number of aliphatic imine (C=N–C) groups is 1. The van der Waals surface area contributed by atoms with Crippen LogP contribution >= 0.6 is 0 Å². The molecule has 24 heavy (non-hydrogen) atoms. The molecule has 3 N–H and O–H groups in total. The fourth-order valence-electron chi connectivity index (χ4n) is 2.51. The highest BCUT2D eigenvalue weighted by Crippen LogP contribution is 2.23. The lowest BCUT2D eigenvalue weighted by molar-refractivity contribution is 0.305. The Labute approximate surface area is 144 Å². The predicted octanol–water partition coefficient (Wildman–Crippen LogP) is 3.03. The normalized spacial score (nSPS) is 13.0. The van der Waals surface area contributed by atoms with Crippen LogP contribution in [0.3, 0.4) is 0 Å². The van der Waals surface area contributed by atoms with Gasteiger partial charge in [-0.25, -0.2) is 0 Å². The zero-order valence-corrected chi connectivity index (χ0v) is 14.8. The number of rotatable bonds is 6. The van der Waals surface area contributed by atoms with Gasteiger partial charge in [0.2, 0.25) is 0 Å². The van der Waals surface area contributed by atoms with Crippen LogP contribution in [-0.2, 0) is 0 Å². The maximum absolute atomic E-state index is 6.03. The summed E-state index contributed by atoms with van der Waals surface area (Å²) in [5.74, 6) is 1.25. The summed E-state index contributed by atoms with van der Waals surface area (Å²) in [6.45, 7) is 2.61.